The summed E-state index contributed by atoms with van der Waals surface area (Å²) in [5, 5.41) is 14.6. The van der Waals surface area contributed by atoms with E-state index in [4.69, 9.17) is 9.84 Å². The maximum atomic E-state index is 12.3. The summed E-state index contributed by atoms with van der Waals surface area (Å²) in [6.07, 6.45) is 3.07. The lowest BCUT2D eigenvalue weighted by Crippen LogP contribution is -2.29. The summed E-state index contributed by atoms with van der Waals surface area (Å²) in [5.74, 6) is -0.690. The molecule has 3 atom stereocenters. The van der Waals surface area contributed by atoms with Crippen molar-refractivity contribution in [3.05, 3.63) is 59.7 Å². The Balaban J connectivity index is 1.15. The quantitative estimate of drug-likeness (QED) is 0.415. The molecule has 2 aliphatic rings. The van der Waals surface area contributed by atoms with E-state index >= 15 is 0 Å². The number of amides is 2. The lowest BCUT2D eigenvalue weighted by atomic mass is 9.96. The zero-order chi connectivity index (χ0) is 24.8. The van der Waals surface area contributed by atoms with Gasteiger partial charge in [-0.1, -0.05) is 61.9 Å². The maximum Gasteiger partial charge on any atom is 0.407 e. The summed E-state index contributed by atoms with van der Waals surface area (Å²) in [5.41, 5.74) is 4.77. The molecule has 35 heavy (non-hydrogen) atoms. The fraction of sp³-hybridized carbons (Fsp3) is 0.464. The Bertz CT molecular complexity index is 1020. The standard InChI is InChI=1S/C28H34N2O5/c1-2-18(11-12-26(31)30-16-19-15-24(19)27(32)33)13-14-29-28(34)35-17-25-22-9-5-3-7-20(22)21-8-4-6-10-23(21)25/h3-10,18-19,24-25H,2,11-17H2,1H3,(H,29,34)(H,30,31)(H,32,33). The van der Waals surface area contributed by atoms with E-state index in [-0.39, 0.29) is 23.7 Å². The van der Waals surface area contributed by atoms with Crippen LogP contribution in [0.2, 0.25) is 0 Å². The van der Waals surface area contributed by atoms with Gasteiger partial charge in [0, 0.05) is 25.4 Å². The van der Waals surface area contributed by atoms with Crippen LogP contribution in [0.4, 0.5) is 4.79 Å². The van der Waals surface area contributed by atoms with Gasteiger partial charge in [-0.2, -0.15) is 0 Å². The Morgan fingerprint density at radius 1 is 1.00 bits per heavy atom. The molecule has 4 rings (SSSR count). The highest BCUT2D eigenvalue weighted by molar-refractivity contribution is 5.79. The summed E-state index contributed by atoms with van der Waals surface area (Å²) in [4.78, 5) is 35.3. The number of carbonyl (C=O) groups is 3. The summed E-state index contributed by atoms with van der Waals surface area (Å²) >= 11 is 0. The second-order valence-corrected chi connectivity index (χ2v) is 9.60. The van der Waals surface area contributed by atoms with E-state index in [0.717, 1.165) is 19.3 Å². The Labute approximate surface area is 206 Å². The molecule has 2 aromatic carbocycles. The topological polar surface area (TPSA) is 105 Å². The first kappa shape index (κ1) is 24.8. The van der Waals surface area contributed by atoms with Gasteiger partial charge in [0.05, 0.1) is 5.92 Å². The Hall–Kier alpha value is -3.35. The van der Waals surface area contributed by atoms with Crippen LogP contribution in [-0.4, -0.2) is 42.8 Å². The number of rotatable bonds is 12. The molecule has 7 heteroatoms. The first-order chi connectivity index (χ1) is 17.0. The van der Waals surface area contributed by atoms with E-state index in [1.54, 1.807) is 0 Å². The third kappa shape index (κ3) is 6.21. The number of alkyl carbamates (subject to hydrolysis) is 1. The molecule has 0 saturated heterocycles. The van der Waals surface area contributed by atoms with Crippen LogP contribution in [0, 0.1) is 17.8 Å². The van der Waals surface area contributed by atoms with Gasteiger partial charge >= 0.3 is 12.1 Å². The lowest BCUT2D eigenvalue weighted by Gasteiger charge is -2.17. The first-order valence-electron chi connectivity index (χ1n) is 12.6. The molecule has 1 saturated carbocycles. The second kappa shape index (κ2) is 11.4. The van der Waals surface area contributed by atoms with Crippen molar-refractivity contribution in [1.29, 1.82) is 0 Å². The van der Waals surface area contributed by atoms with Crippen molar-refractivity contribution in [3.63, 3.8) is 0 Å². The van der Waals surface area contributed by atoms with Gasteiger partial charge in [-0.05, 0) is 53.4 Å². The molecule has 0 bridgehead atoms. The highest BCUT2D eigenvalue weighted by Crippen LogP contribution is 2.44. The average Bonchev–Trinajstić information content (AvgIpc) is 3.59. The van der Waals surface area contributed by atoms with Crippen molar-refractivity contribution >= 4 is 18.0 Å². The number of hydrogen-bond donors (Lipinski definition) is 3. The molecular weight excluding hydrogens is 444 g/mol. The van der Waals surface area contributed by atoms with Crippen molar-refractivity contribution in [1.82, 2.24) is 10.6 Å². The highest BCUT2D eigenvalue weighted by Gasteiger charge is 2.42. The molecule has 2 aromatic rings. The minimum atomic E-state index is -0.779. The molecule has 186 valence electrons. The largest absolute Gasteiger partial charge is 0.481 e. The van der Waals surface area contributed by atoms with E-state index in [0.29, 0.717) is 38.5 Å². The smallest absolute Gasteiger partial charge is 0.407 e. The number of nitrogens with one attached hydrogen (secondary N) is 2. The fourth-order valence-electron chi connectivity index (χ4n) is 5.02. The average molecular weight is 479 g/mol. The number of carboxylic acids is 1. The zero-order valence-corrected chi connectivity index (χ0v) is 20.2. The van der Waals surface area contributed by atoms with E-state index in [9.17, 15) is 14.4 Å². The van der Waals surface area contributed by atoms with Gasteiger partial charge < -0.3 is 20.5 Å². The first-order valence-corrected chi connectivity index (χ1v) is 12.6. The van der Waals surface area contributed by atoms with Crippen LogP contribution in [0.5, 0.6) is 0 Å². The molecule has 3 N–H and O–H groups in total. The summed E-state index contributed by atoms with van der Waals surface area (Å²) in [6, 6.07) is 16.5. The molecule has 0 heterocycles. The van der Waals surface area contributed by atoms with Gasteiger partial charge in [-0.3, -0.25) is 9.59 Å². The number of fused-ring (bicyclic) bond motifs is 3. The molecule has 2 amide bonds. The van der Waals surface area contributed by atoms with E-state index in [1.165, 1.54) is 22.3 Å². The van der Waals surface area contributed by atoms with E-state index in [1.807, 2.05) is 24.3 Å². The van der Waals surface area contributed by atoms with E-state index < -0.39 is 12.1 Å². The van der Waals surface area contributed by atoms with Crippen molar-refractivity contribution in [2.24, 2.45) is 17.8 Å². The second-order valence-electron chi connectivity index (χ2n) is 9.60. The molecule has 0 radical (unpaired) electrons. The van der Waals surface area contributed by atoms with Crippen LogP contribution in [0.25, 0.3) is 11.1 Å². The van der Waals surface area contributed by atoms with Gasteiger partial charge in [0.2, 0.25) is 5.91 Å². The van der Waals surface area contributed by atoms with Crippen molar-refractivity contribution in [2.45, 2.75) is 44.9 Å². The third-order valence-electron chi connectivity index (χ3n) is 7.32. The van der Waals surface area contributed by atoms with Gasteiger partial charge in [0.15, 0.2) is 0 Å². The summed E-state index contributed by atoms with van der Waals surface area (Å²) in [7, 11) is 0. The van der Waals surface area contributed by atoms with Crippen molar-refractivity contribution < 1.29 is 24.2 Å². The predicted molar refractivity (Wildman–Crippen MR) is 133 cm³/mol. The lowest BCUT2D eigenvalue weighted by molar-refractivity contribution is -0.139. The fourth-order valence-corrected chi connectivity index (χ4v) is 5.02. The molecule has 1 fully saturated rings. The Kier molecular flexibility index (Phi) is 8.06. The summed E-state index contributed by atoms with van der Waals surface area (Å²) < 4.78 is 5.58. The minimum absolute atomic E-state index is 0.0380. The van der Waals surface area contributed by atoms with Crippen LogP contribution < -0.4 is 10.6 Å². The highest BCUT2D eigenvalue weighted by atomic mass is 16.5. The molecule has 7 nitrogen and oxygen atoms in total. The van der Waals surface area contributed by atoms with Gasteiger partial charge in [0.1, 0.15) is 6.61 Å². The van der Waals surface area contributed by atoms with Gasteiger partial charge in [0.25, 0.3) is 0 Å². The zero-order valence-electron chi connectivity index (χ0n) is 20.2. The molecule has 3 unspecified atom stereocenters. The summed E-state index contributed by atoms with van der Waals surface area (Å²) in [6.45, 7) is 3.31. The minimum Gasteiger partial charge on any atom is -0.481 e. The van der Waals surface area contributed by atoms with Crippen LogP contribution in [-0.2, 0) is 14.3 Å². The molecule has 0 aliphatic heterocycles. The normalized spacial score (nSPS) is 18.8. The van der Waals surface area contributed by atoms with E-state index in [2.05, 4.69) is 41.8 Å². The van der Waals surface area contributed by atoms with Gasteiger partial charge in [-0.25, -0.2) is 4.79 Å². The number of carbonyl (C=O) groups excluding carboxylic acids is 2. The van der Waals surface area contributed by atoms with Crippen molar-refractivity contribution in [2.75, 3.05) is 19.7 Å². The molecule has 0 spiro atoms. The Morgan fingerprint density at radius 3 is 2.26 bits per heavy atom. The third-order valence-corrected chi connectivity index (χ3v) is 7.32. The number of hydrogen-bond acceptors (Lipinski definition) is 4. The van der Waals surface area contributed by atoms with Crippen LogP contribution in [0.3, 0.4) is 0 Å². The monoisotopic (exact) mass is 478 g/mol. The van der Waals surface area contributed by atoms with Crippen LogP contribution >= 0.6 is 0 Å². The van der Waals surface area contributed by atoms with Crippen LogP contribution in [0.1, 0.15) is 56.1 Å². The SMILES string of the molecule is CCC(CCNC(=O)OCC1c2ccccc2-c2ccccc21)CCC(=O)NCC1CC1C(=O)O. The predicted octanol–water partition coefficient (Wildman–Crippen LogP) is 4.56. The van der Waals surface area contributed by atoms with Gasteiger partial charge in [-0.15, -0.1) is 0 Å². The number of ether oxygens (including phenoxy) is 1. The van der Waals surface area contributed by atoms with Crippen LogP contribution in [0.15, 0.2) is 48.5 Å². The molecular formula is C28H34N2O5. The molecule has 0 aromatic heterocycles. The number of carboxylic acid groups (broad SMARTS) is 1. The number of aliphatic carboxylic acids is 1. The van der Waals surface area contributed by atoms with Crippen molar-refractivity contribution in [3.8, 4) is 11.1 Å². The molecule has 2 aliphatic carbocycles. The number of benzene rings is 2. The Morgan fingerprint density at radius 2 is 1.66 bits per heavy atom. The maximum absolute atomic E-state index is 12.3.